The average Bonchev–Trinajstić information content (AvgIpc) is 2.74. The molecule has 0 spiro atoms. The van der Waals surface area contributed by atoms with E-state index in [9.17, 15) is 18.8 Å². The van der Waals surface area contributed by atoms with E-state index in [2.05, 4.69) is 5.10 Å². The Kier molecular flexibility index (Phi) is 6.74. The van der Waals surface area contributed by atoms with Crippen LogP contribution in [0.25, 0.3) is 0 Å². The second kappa shape index (κ2) is 9.45. The number of carbonyl (C=O) groups excluding carboxylic acids is 2. The van der Waals surface area contributed by atoms with E-state index in [0.29, 0.717) is 6.54 Å². The summed E-state index contributed by atoms with van der Waals surface area (Å²) >= 11 is 0. The molecule has 0 radical (unpaired) electrons. The molecule has 1 fully saturated rings. The van der Waals surface area contributed by atoms with Gasteiger partial charge in [0.25, 0.3) is 11.5 Å². The van der Waals surface area contributed by atoms with E-state index in [1.807, 2.05) is 0 Å². The highest BCUT2D eigenvalue weighted by atomic mass is 19.1. The van der Waals surface area contributed by atoms with Crippen molar-refractivity contribution in [1.82, 2.24) is 14.7 Å². The molecule has 2 aromatic rings. The second-order valence-electron chi connectivity index (χ2n) is 7.20. The summed E-state index contributed by atoms with van der Waals surface area (Å²) in [6.45, 7) is -0.0829. The number of hydrogen-bond donors (Lipinski definition) is 0. The molecule has 1 aliphatic rings. The van der Waals surface area contributed by atoms with Gasteiger partial charge in [-0.15, -0.1) is 0 Å². The summed E-state index contributed by atoms with van der Waals surface area (Å²) in [6, 6.07) is 8.59. The van der Waals surface area contributed by atoms with Gasteiger partial charge in [-0.3, -0.25) is 9.59 Å². The molecule has 1 aromatic heterocycles. The Morgan fingerprint density at radius 3 is 2.48 bits per heavy atom. The second-order valence-corrected chi connectivity index (χ2v) is 7.20. The first kappa shape index (κ1) is 20.7. The van der Waals surface area contributed by atoms with Crippen molar-refractivity contribution in [3.8, 4) is 0 Å². The first-order valence-electron chi connectivity index (χ1n) is 9.69. The van der Waals surface area contributed by atoms with Crippen LogP contribution < -0.4 is 5.56 Å². The molecule has 1 saturated carbocycles. The minimum absolute atomic E-state index is 0.0392. The first-order chi connectivity index (χ1) is 13.9. The van der Waals surface area contributed by atoms with Crippen molar-refractivity contribution in [1.29, 1.82) is 0 Å². The largest absolute Gasteiger partial charge is 0.451 e. The van der Waals surface area contributed by atoms with Crippen molar-refractivity contribution in [2.45, 2.75) is 44.7 Å². The summed E-state index contributed by atoms with van der Waals surface area (Å²) in [6.07, 6.45) is 5.01. The van der Waals surface area contributed by atoms with E-state index >= 15 is 0 Å². The fourth-order valence-corrected chi connectivity index (χ4v) is 3.50. The van der Waals surface area contributed by atoms with Gasteiger partial charge in [-0.05, 0) is 36.6 Å². The van der Waals surface area contributed by atoms with E-state index < -0.39 is 12.6 Å². The molecular formula is C21H24FN3O4. The summed E-state index contributed by atoms with van der Waals surface area (Å²) in [7, 11) is 1.43. The predicted molar refractivity (Wildman–Crippen MR) is 104 cm³/mol. The van der Waals surface area contributed by atoms with Gasteiger partial charge in [0.1, 0.15) is 5.82 Å². The van der Waals surface area contributed by atoms with Crippen LogP contribution in [0.2, 0.25) is 0 Å². The zero-order valence-corrected chi connectivity index (χ0v) is 16.3. The van der Waals surface area contributed by atoms with E-state index in [-0.39, 0.29) is 29.0 Å². The van der Waals surface area contributed by atoms with Gasteiger partial charge in [-0.1, -0.05) is 31.4 Å². The zero-order chi connectivity index (χ0) is 20.8. The van der Waals surface area contributed by atoms with Crippen molar-refractivity contribution < 1.29 is 18.7 Å². The van der Waals surface area contributed by atoms with Crippen LogP contribution >= 0.6 is 0 Å². The molecule has 1 amide bonds. The van der Waals surface area contributed by atoms with Gasteiger partial charge in [-0.2, -0.15) is 5.10 Å². The van der Waals surface area contributed by atoms with Gasteiger partial charge in [0, 0.05) is 25.7 Å². The third-order valence-corrected chi connectivity index (χ3v) is 5.10. The fourth-order valence-electron chi connectivity index (χ4n) is 3.50. The predicted octanol–water partition coefficient (Wildman–Crippen LogP) is 2.44. The quantitative estimate of drug-likeness (QED) is 0.695. The van der Waals surface area contributed by atoms with Crippen LogP contribution in [0.5, 0.6) is 0 Å². The number of halogens is 1. The van der Waals surface area contributed by atoms with Crippen LogP contribution in [-0.4, -0.2) is 39.2 Å². The maximum Gasteiger partial charge on any atom is 0.359 e. The molecular weight excluding hydrogens is 377 g/mol. The molecule has 0 N–H and O–H groups in total. The van der Waals surface area contributed by atoms with Crippen molar-refractivity contribution in [2.75, 3.05) is 6.61 Å². The SMILES string of the molecule is Cn1nc(C(=O)OCC(=O)N(Cc2ccc(F)cc2)C2CCCCC2)ccc1=O. The van der Waals surface area contributed by atoms with E-state index in [4.69, 9.17) is 4.74 Å². The van der Waals surface area contributed by atoms with E-state index in [1.54, 1.807) is 17.0 Å². The zero-order valence-electron chi connectivity index (χ0n) is 16.3. The molecule has 0 bridgehead atoms. The minimum Gasteiger partial charge on any atom is -0.451 e. The molecule has 0 atom stereocenters. The van der Waals surface area contributed by atoms with Crippen molar-refractivity contribution in [3.63, 3.8) is 0 Å². The molecule has 3 rings (SSSR count). The first-order valence-corrected chi connectivity index (χ1v) is 9.69. The molecule has 1 aromatic carbocycles. The van der Waals surface area contributed by atoms with Crippen LogP contribution in [0.1, 0.15) is 48.2 Å². The third-order valence-electron chi connectivity index (χ3n) is 5.10. The van der Waals surface area contributed by atoms with Gasteiger partial charge in [0.05, 0.1) is 0 Å². The number of amides is 1. The van der Waals surface area contributed by atoms with Crippen LogP contribution in [0.3, 0.4) is 0 Å². The Bertz CT molecular complexity index is 920. The van der Waals surface area contributed by atoms with Crippen LogP contribution in [-0.2, 0) is 23.1 Å². The Balaban J connectivity index is 1.68. The Labute approximate surface area is 168 Å². The summed E-state index contributed by atoms with van der Waals surface area (Å²) in [4.78, 5) is 38.2. The van der Waals surface area contributed by atoms with Gasteiger partial charge in [0.15, 0.2) is 12.3 Å². The molecule has 0 unspecified atom stereocenters. The topological polar surface area (TPSA) is 81.5 Å². The van der Waals surface area contributed by atoms with Crippen molar-refractivity contribution in [3.05, 3.63) is 63.8 Å². The Morgan fingerprint density at radius 1 is 1.14 bits per heavy atom. The monoisotopic (exact) mass is 401 g/mol. The normalized spacial score (nSPS) is 14.4. The molecule has 0 aliphatic heterocycles. The molecule has 0 saturated heterocycles. The summed E-state index contributed by atoms with van der Waals surface area (Å²) in [5, 5.41) is 3.83. The summed E-state index contributed by atoms with van der Waals surface area (Å²) in [5.74, 6) is -1.40. The lowest BCUT2D eigenvalue weighted by atomic mass is 9.93. The highest BCUT2D eigenvalue weighted by Gasteiger charge is 2.26. The standard InChI is InChI=1S/C21H24FN3O4/c1-24-19(26)12-11-18(23-24)21(28)29-14-20(27)25(17-5-3-2-4-6-17)13-15-7-9-16(22)10-8-15/h7-12,17H,2-6,13-14H2,1H3. The summed E-state index contributed by atoms with van der Waals surface area (Å²) in [5.41, 5.74) is 0.430. The molecule has 1 heterocycles. The van der Waals surface area contributed by atoms with Crippen LogP contribution in [0.15, 0.2) is 41.2 Å². The average molecular weight is 401 g/mol. The van der Waals surface area contributed by atoms with Gasteiger partial charge in [-0.25, -0.2) is 13.9 Å². The lowest BCUT2D eigenvalue weighted by molar-refractivity contribution is -0.138. The number of ether oxygens (including phenoxy) is 1. The Morgan fingerprint density at radius 2 is 1.83 bits per heavy atom. The third kappa shape index (κ3) is 5.49. The maximum atomic E-state index is 13.2. The van der Waals surface area contributed by atoms with Crippen molar-refractivity contribution >= 4 is 11.9 Å². The number of benzene rings is 1. The number of esters is 1. The fraction of sp³-hybridized carbons (Fsp3) is 0.429. The molecule has 29 heavy (non-hydrogen) atoms. The molecule has 154 valence electrons. The highest BCUT2D eigenvalue weighted by molar-refractivity contribution is 5.89. The number of aromatic nitrogens is 2. The smallest absolute Gasteiger partial charge is 0.359 e. The number of aryl methyl sites for hydroxylation is 1. The summed E-state index contributed by atoms with van der Waals surface area (Å²) < 4.78 is 19.4. The maximum absolute atomic E-state index is 13.2. The lowest BCUT2D eigenvalue weighted by Crippen LogP contribution is -2.43. The molecule has 8 heteroatoms. The number of nitrogens with zero attached hydrogens (tertiary/aromatic N) is 3. The lowest BCUT2D eigenvalue weighted by Gasteiger charge is -2.34. The van der Waals surface area contributed by atoms with E-state index in [0.717, 1.165) is 42.3 Å². The van der Waals surface area contributed by atoms with Crippen LogP contribution in [0.4, 0.5) is 4.39 Å². The van der Waals surface area contributed by atoms with Gasteiger partial charge >= 0.3 is 5.97 Å². The van der Waals surface area contributed by atoms with Crippen LogP contribution in [0, 0.1) is 5.82 Å². The highest BCUT2D eigenvalue weighted by Crippen LogP contribution is 2.24. The van der Waals surface area contributed by atoms with Gasteiger partial charge < -0.3 is 9.64 Å². The van der Waals surface area contributed by atoms with Crippen molar-refractivity contribution in [2.24, 2.45) is 7.05 Å². The van der Waals surface area contributed by atoms with E-state index in [1.165, 1.54) is 31.3 Å². The molecule has 1 aliphatic carbocycles. The number of hydrogen-bond acceptors (Lipinski definition) is 5. The minimum atomic E-state index is -0.765. The van der Waals surface area contributed by atoms with Gasteiger partial charge in [0.2, 0.25) is 0 Å². The molecule has 7 nitrogen and oxygen atoms in total. The number of carbonyl (C=O) groups is 2. The Hall–Kier alpha value is -3.03. The number of rotatable bonds is 6.